The van der Waals surface area contributed by atoms with Crippen molar-refractivity contribution in [1.29, 1.82) is 0 Å². The zero-order chi connectivity index (χ0) is 13.2. The van der Waals surface area contributed by atoms with E-state index in [2.05, 4.69) is 34.7 Å². The summed E-state index contributed by atoms with van der Waals surface area (Å²) in [4.78, 5) is 4.65. The fraction of sp³-hybridized carbons (Fsp3) is 0.562. The molecule has 0 radical (unpaired) electrons. The second kappa shape index (κ2) is 5.54. The van der Waals surface area contributed by atoms with Crippen LogP contribution in [0, 0.1) is 12.8 Å². The lowest BCUT2D eigenvalue weighted by atomic mass is 10.0. The van der Waals surface area contributed by atoms with Crippen LogP contribution < -0.4 is 0 Å². The van der Waals surface area contributed by atoms with Gasteiger partial charge in [-0.15, -0.1) is 11.6 Å². The first-order valence-electron chi connectivity index (χ1n) is 7.29. The van der Waals surface area contributed by atoms with E-state index in [1.54, 1.807) is 0 Å². The van der Waals surface area contributed by atoms with Gasteiger partial charge in [-0.25, -0.2) is 4.98 Å². The van der Waals surface area contributed by atoms with Gasteiger partial charge in [0.1, 0.15) is 5.82 Å². The maximum absolute atomic E-state index is 6.06. The van der Waals surface area contributed by atoms with Crippen LogP contribution in [0.1, 0.15) is 43.5 Å². The number of halogens is 1. The Hall–Kier alpha value is -1.02. The molecule has 102 valence electrons. The number of hydrogen-bond acceptors (Lipinski definition) is 1. The highest BCUT2D eigenvalue weighted by Gasteiger charge is 2.16. The van der Waals surface area contributed by atoms with Gasteiger partial charge in [0, 0.05) is 6.54 Å². The maximum Gasteiger partial charge on any atom is 0.124 e. The molecule has 1 aromatic heterocycles. The van der Waals surface area contributed by atoms with Crippen LogP contribution in [0.3, 0.4) is 0 Å². The van der Waals surface area contributed by atoms with Crippen molar-refractivity contribution < 1.29 is 0 Å². The lowest BCUT2D eigenvalue weighted by Crippen LogP contribution is -2.06. The average molecular weight is 277 g/mol. The number of imidazole rings is 1. The Labute approximate surface area is 119 Å². The highest BCUT2D eigenvalue weighted by molar-refractivity contribution is 6.16. The van der Waals surface area contributed by atoms with Crippen molar-refractivity contribution in [1.82, 2.24) is 9.55 Å². The summed E-state index contributed by atoms with van der Waals surface area (Å²) in [5.41, 5.74) is 3.61. The third kappa shape index (κ3) is 2.64. The van der Waals surface area contributed by atoms with Crippen LogP contribution in [0.5, 0.6) is 0 Å². The molecule has 2 nitrogen and oxygen atoms in total. The second-order valence-electron chi connectivity index (χ2n) is 5.74. The molecule has 0 amide bonds. The lowest BCUT2D eigenvalue weighted by molar-refractivity contribution is 0.458. The molecular formula is C16H21ClN2. The zero-order valence-corrected chi connectivity index (χ0v) is 12.3. The summed E-state index contributed by atoms with van der Waals surface area (Å²) in [5.74, 6) is 2.42. The van der Waals surface area contributed by atoms with E-state index in [0.717, 1.165) is 23.8 Å². The van der Waals surface area contributed by atoms with Crippen LogP contribution in [-0.4, -0.2) is 9.55 Å². The molecule has 0 aliphatic heterocycles. The van der Waals surface area contributed by atoms with E-state index < -0.39 is 0 Å². The molecule has 0 spiro atoms. The van der Waals surface area contributed by atoms with Gasteiger partial charge in [0.05, 0.1) is 16.9 Å². The molecule has 2 aromatic rings. The van der Waals surface area contributed by atoms with Crippen molar-refractivity contribution in [2.75, 3.05) is 0 Å². The zero-order valence-electron chi connectivity index (χ0n) is 11.5. The van der Waals surface area contributed by atoms with E-state index in [-0.39, 0.29) is 0 Å². The van der Waals surface area contributed by atoms with Crippen molar-refractivity contribution in [3.8, 4) is 0 Å². The van der Waals surface area contributed by atoms with Gasteiger partial charge in [0.25, 0.3) is 0 Å². The van der Waals surface area contributed by atoms with Gasteiger partial charge in [-0.2, -0.15) is 0 Å². The standard InChI is InChI=1S/C16H21ClN2/c1-12-6-7-14-15(10-12)19(16(11-17)18-14)9-8-13-4-2-3-5-13/h6-7,10,13H,2-5,8-9,11H2,1H3. The second-order valence-corrected chi connectivity index (χ2v) is 6.01. The minimum atomic E-state index is 0.498. The van der Waals surface area contributed by atoms with Crippen LogP contribution in [0.2, 0.25) is 0 Å². The molecule has 1 aromatic carbocycles. The molecule has 1 aliphatic rings. The first kappa shape index (κ1) is 13.0. The minimum absolute atomic E-state index is 0.498. The molecule has 0 atom stereocenters. The molecule has 1 heterocycles. The summed E-state index contributed by atoms with van der Waals surface area (Å²) >= 11 is 6.06. The smallest absolute Gasteiger partial charge is 0.124 e. The Balaban J connectivity index is 1.88. The molecule has 1 aliphatic carbocycles. The lowest BCUT2D eigenvalue weighted by Gasteiger charge is -2.12. The van der Waals surface area contributed by atoms with Crippen LogP contribution in [0.4, 0.5) is 0 Å². The summed E-state index contributed by atoms with van der Waals surface area (Å²) in [6.45, 7) is 3.20. The summed E-state index contributed by atoms with van der Waals surface area (Å²) in [7, 11) is 0. The third-order valence-corrected chi connectivity index (χ3v) is 4.58. The van der Waals surface area contributed by atoms with Gasteiger partial charge in [-0.3, -0.25) is 0 Å². The van der Waals surface area contributed by atoms with Crippen molar-refractivity contribution in [2.24, 2.45) is 5.92 Å². The molecule has 0 unspecified atom stereocenters. The summed E-state index contributed by atoms with van der Waals surface area (Å²) in [6, 6.07) is 6.45. The first-order valence-corrected chi connectivity index (χ1v) is 7.83. The molecule has 1 saturated carbocycles. The van der Waals surface area contributed by atoms with E-state index >= 15 is 0 Å². The quantitative estimate of drug-likeness (QED) is 0.743. The fourth-order valence-electron chi connectivity index (χ4n) is 3.24. The van der Waals surface area contributed by atoms with Crippen molar-refractivity contribution in [2.45, 2.75) is 51.5 Å². The van der Waals surface area contributed by atoms with Gasteiger partial charge < -0.3 is 4.57 Å². The largest absolute Gasteiger partial charge is 0.327 e. The van der Waals surface area contributed by atoms with Crippen LogP contribution in [0.15, 0.2) is 18.2 Å². The van der Waals surface area contributed by atoms with E-state index in [9.17, 15) is 0 Å². The van der Waals surface area contributed by atoms with Gasteiger partial charge in [-0.1, -0.05) is 31.7 Å². The Kier molecular flexibility index (Phi) is 3.79. The predicted octanol–water partition coefficient (Wildman–Crippen LogP) is 4.66. The van der Waals surface area contributed by atoms with Gasteiger partial charge in [0.2, 0.25) is 0 Å². The molecule has 3 heteroatoms. The number of nitrogens with zero attached hydrogens (tertiary/aromatic N) is 2. The van der Waals surface area contributed by atoms with Gasteiger partial charge in [-0.05, 0) is 37.0 Å². The first-order chi connectivity index (χ1) is 9.28. The topological polar surface area (TPSA) is 17.8 Å². The third-order valence-electron chi connectivity index (χ3n) is 4.34. The fourth-order valence-corrected chi connectivity index (χ4v) is 3.45. The SMILES string of the molecule is Cc1ccc2nc(CCl)n(CCC3CCCC3)c2c1. The Morgan fingerprint density at radius 2 is 2.11 bits per heavy atom. The summed E-state index contributed by atoms with van der Waals surface area (Å²) in [6.07, 6.45) is 6.90. The Bertz CT molecular complexity index is 567. The van der Waals surface area contributed by atoms with Crippen molar-refractivity contribution in [3.63, 3.8) is 0 Å². The normalized spacial score (nSPS) is 16.5. The highest BCUT2D eigenvalue weighted by Crippen LogP contribution is 2.29. The molecule has 19 heavy (non-hydrogen) atoms. The summed E-state index contributed by atoms with van der Waals surface area (Å²) < 4.78 is 2.33. The molecule has 0 bridgehead atoms. The molecule has 1 fully saturated rings. The van der Waals surface area contributed by atoms with Crippen molar-refractivity contribution in [3.05, 3.63) is 29.6 Å². The average Bonchev–Trinajstić information content (AvgIpc) is 3.03. The van der Waals surface area contributed by atoms with Gasteiger partial charge >= 0.3 is 0 Å². The number of aryl methyl sites for hydroxylation is 2. The molecular weight excluding hydrogens is 256 g/mol. The summed E-state index contributed by atoms with van der Waals surface area (Å²) in [5, 5.41) is 0. The van der Waals surface area contributed by atoms with Crippen LogP contribution >= 0.6 is 11.6 Å². The molecule has 0 N–H and O–H groups in total. The maximum atomic E-state index is 6.06. The van der Waals surface area contributed by atoms with Crippen molar-refractivity contribution >= 4 is 22.6 Å². The van der Waals surface area contributed by atoms with E-state index in [1.165, 1.54) is 43.2 Å². The number of hydrogen-bond donors (Lipinski definition) is 0. The van der Waals surface area contributed by atoms with Crippen LogP contribution in [-0.2, 0) is 12.4 Å². The highest BCUT2D eigenvalue weighted by atomic mass is 35.5. The minimum Gasteiger partial charge on any atom is -0.327 e. The Morgan fingerprint density at radius 1 is 1.32 bits per heavy atom. The molecule has 3 rings (SSSR count). The number of benzene rings is 1. The monoisotopic (exact) mass is 276 g/mol. The van der Waals surface area contributed by atoms with E-state index in [1.807, 2.05) is 0 Å². The Morgan fingerprint density at radius 3 is 2.84 bits per heavy atom. The van der Waals surface area contributed by atoms with Crippen LogP contribution in [0.25, 0.3) is 11.0 Å². The molecule has 0 saturated heterocycles. The van der Waals surface area contributed by atoms with E-state index in [4.69, 9.17) is 11.6 Å². The van der Waals surface area contributed by atoms with Gasteiger partial charge in [0.15, 0.2) is 0 Å². The van der Waals surface area contributed by atoms with E-state index in [0.29, 0.717) is 5.88 Å². The number of fused-ring (bicyclic) bond motifs is 1. The predicted molar refractivity (Wildman–Crippen MR) is 80.6 cm³/mol. The number of rotatable bonds is 4. The number of aromatic nitrogens is 2. The number of alkyl halides is 1.